The summed E-state index contributed by atoms with van der Waals surface area (Å²) in [5.74, 6) is 0.217. The maximum atomic E-state index is 11.1. The zero-order valence-corrected chi connectivity index (χ0v) is 14.1. The van der Waals surface area contributed by atoms with Crippen LogP contribution in [0.1, 0.15) is 78.6 Å². The van der Waals surface area contributed by atoms with Gasteiger partial charge < -0.3 is 5.11 Å². The monoisotopic (exact) mass is 295 g/mol. The van der Waals surface area contributed by atoms with Gasteiger partial charge in [0, 0.05) is 12.1 Å². The van der Waals surface area contributed by atoms with Gasteiger partial charge in [0.1, 0.15) is 0 Å². The summed E-state index contributed by atoms with van der Waals surface area (Å²) in [5.41, 5.74) is 0.466. The van der Waals surface area contributed by atoms with Crippen molar-refractivity contribution in [3.8, 4) is 0 Å². The lowest BCUT2D eigenvalue weighted by molar-refractivity contribution is -0.139. The van der Waals surface area contributed by atoms with Crippen LogP contribution in [0.25, 0.3) is 0 Å². The van der Waals surface area contributed by atoms with E-state index in [2.05, 4.69) is 25.7 Å². The van der Waals surface area contributed by atoms with Crippen molar-refractivity contribution in [3.63, 3.8) is 0 Å². The Hall–Kier alpha value is -0.570. The largest absolute Gasteiger partial charge is 0.481 e. The molecule has 0 spiro atoms. The van der Waals surface area contributed by atoms with Crippen LogP contribution in [0.4, 0.5) is 0 Å². The molecule has 0 aromatic rings. The zero-order chi connectivity index (χ0) is 15.5. The van der Waals surface area contributed by atoms with Crippen LogP contribution in [0.15, 0.2) is 0 Å². The first kappa shape index (κ1) is 16.8. The van der Waals surface area contributed by atoms with Crippen molar-refractivity contribution in [1.29, 1.82) is 0 Å². The zero-order valence-electron chi connectivity index (χ0n) is 14.1. The number of likely N-dealkylation sites (tertiary alicyclic amines) is 1. The van der Waals surface area contributed by atoms with Crippen LogP contribution in [-0.2, 0) is 4.79 Å². The Kier molecular flexibility index (Phi) is 5.70. The van der Waals surface area contributed by atoms with Crippen molar-refractivity contribution in [1.82, 2.24) is 4.90 Å². The molecule has 0 aromatic carbocycles. The first-order chi connectivity index (χ1) is 9.94. The van der Waals surface area contributed by atoms with E-state index in [0.29, 0.717) is 17.9 Å². The number of hydrogen-bond acceptors (Lipinski definition) is 2. The Balaban J connectivity index is 1.92. The summed E-state index contributed by atoms with van der Waals surface area (Å²) in [7, 11) is 0. The summed E-state index contributed by atoms with van der Waals surface area (Å²) in [6.45, 7) is 8.24. The molecule has 2 rings (SSSR count). The maximum Gasteiger partial charge on any atom is 0.304 e. The lowest BCUT2D eigenvalue weighted by atomic mass is 9.68. The molecule has 3 nitrogen and oxygen atoms in total. The molecular formula is C18H33NO2. The van der Waals surface area contributed by atoms with Crippen LogP contribution in [0, 0.1) is 11.3 Å². The summed E-state index contributed by atoms with van der Waals surface area (Å²) in [5, 5.41) is 9.14. The van der Waals surface area contributed by atoms with Gasteiger partial charge in [0.05, 0.1) is 6.42 Å². The van der Waals surface area contributed by atoms with Crippen LogP contribution in [0.5, 0.6) is 0 Å². The number of rotatable bonds is 5. The molecular weight excluding hydrogens is 262 g/mol. The first-order valence-electron chi connectivity index (χ1n) is 8.91. The molecule has 1 saturated heterocycles. The average Bonchev–Trinajstić information content (AvgIpc) is 2.47. The van der Waals surface area contributed by atoms with E-state index in [-0.39, 0.29) is 6.04 Å². The van der Waals surface area contributed by atoms with Gasteiger partial charge in [0.15, 0.2) is 0 Å². The van der Waals surface area contributed by atoms with Gasteiger partial charge in [-0.25, -0.2) is 0 Å². The topological polar surface area (TPSA) is 40.5 Å². The van der Waals surface area contributed by atoms with Crippen molar-refractivity contribution in [2.45, 2.75) is 90.6 Å². The van der Waals surface area contributed by atoms with Gasteiger partial charge >= 0.3 is 5.97 Å². The van der Waals surface area contributed by atoms with E-state index in [1.165, 1.54) is 44.9 Å². The lowest BCUT2D eigenvalue weighted by Crippen LogP contribution is -2.49. The van der Waals surface area contributed by atoms with Crippen molar-refractivity contribution < 1.29 is 9.90 Å². The normalized spacial score (nSPS) is 32.0. The molecule has 0 radical (unpaired) electrons. The van der Waals surface area contributed by atoms with Gasteiger partial charge in [-0.1, -0.05) is 33.6 Å². The van der Waals surface area contributed by atoms with E-state index in [4.69, 9.17) is 5.11 Å². The van der Waals surface area contributed by atoms with Crippen molar-refractivity contribution in [3.05, 3.63) is 0 Å². The van der Waals surface area contributed by atoms with Gasteiger partial charge in [-0.2, -0.15) is 0 Å². The molecule has 1 aliphatic carbocycles. The Morgan fingerprint density at radius 1 is 1.14 bits per heavy atom. The standard InChI is InChI=1S/C18H33NO2/c1-4-18(2,3)14-8-10-15(11-9-14)19-12-6-5-7-16(19)13-17(20)21/h14-16H,4-13H2,1-3H3,(H,20,21). The molecule has 2 aliphatic rings. The Morgan fingerprint density at radius 3 is 2.38 bits per heavy atom. The molecule has 1 N–H and O–H groups in total. The molecule has 1 heterocycles. The molecule has 1 saturated carbocycles. The van der Waals surface area contributed by atoms with Gasteiger partial charge in [-0.05, 0) is 56.4 Å². The predicted octanol–water partition coefficient (Wildman–Crippen LogP) is 4.31. The number of nitrogens with zero attached hydrogens (tertiary/aromatic N) is 1. The van der Waals surface area contributed by atoms with Gasteiger partial charge in [0.2, 0.25) is 0 Å². The minimum atomic E-state index is -0.632. The Morgan fingerprint density at radius 2 is 1.81 bits per heavy atom. The molecule has 122 valence electrons. The third kappa shape index (κ3) is 4.21. The molecule has 1 aliphatic heterocycles. The maximum absolute atomic E-state index is 11.1. The minimum absolute atomic E-state index is 0.289. The minimum Gasteiger partial charge on any atom is -0.481 e. The molecule has 0 bridgehead atoms. The highest BCUT2D eigenvalue weighted by Gasteiger charge is 2.36. The Bertz CT molecular complexity index is 345. The van der Waals surface area contributed by atoms with Crippen molar-refractivity contribution in [2.75, 3.05) is 6.54 Å². The quantitative estimate of drug-likeness (QED) is 0.821. The van der Waals surface area contributed by atoms with Crippen LogP contribution in [0.3, 0.4) is 0 Å². The predicted molar refractivity (Wildman–Crippen MR) is 86.4 cm³/mol. The molecule has 3 heteroatoms. The van der Waals surface area contributed by atoms with Crippen LogP contribution >= 0.6 is 0 Å². The molecule has 0 amide bonds. The number of carboxylic acid groups (broad SMARTS) is 1. The fourth-order valence-electron chi connectivity index (χ4n) is 4.40. The van der Waals surface area contributed by atoms with Gasteiger partial charge in [-0.15, -0.1) is 0 Å². The van der Waals surface area contributed by atoms with E-state index in [9.17, 15) is 4.79 Å². The van der Waals surface area contributed by atoms with Gasteiger partial charge in [0.25, 0.3) is 0 Å². The Labute approximate surface area is 130 Å². The van der Waals surface area contributed by atoms with Crippen molar-refractivity contribution >= 4 is 5.97 Å². The summed E-state index contributed by atoms with van der Waals surface area (Å²) in [4.78, 5) is 13.6. The number of carboxylic acids is 1. The highest BCUT2D eigenvalue weighted by atomic mass is 16.4. The van der Waals surface area contributed by atoms with Crippen LogP contribution < -0.4 is 0 Å². The summed E-state index contributed by atoms with van der Waals surface area (Å²) in [6.07, 6.45) is 10.3. The van der Waals surface area contributed by atoms with Crippen LogP contribution in [0.2, 0.25) is 0 Å². The third-order valence-corrected chi connectivity index (χ3v) is 6.27. The number of aliphatic carboxylic acids is 1. The first-order valence-corrected chi connectivity index (χ1v) is 8.91. The van der Waals surface area contributed by atoms with E-state index >= 15 is 0 Å². The SMILES string of the molecule is CCC(C)(C)C1CCC(N2CCCCC2CC(=O)O)CC1. The second-order valence-electron chi connectivity index (χ2n) is 7.83. The van der Waals surface area contributed by atoms with E-state index in [1.807, 2.05) is 0 Å². The van der Waals surface area contributed by atoms with E-state index < -0.39 is 5.97 Å². The van der Waals surface area contributed by atoms with E-state index in [0.717, 1.165) is 18.9 Å². The molecule has 2 fully saturated rings. The molecule has 0 aromatic heterocycles. The third-order valence-electron chi connectivity index (χ3n) is 6.27. The summed E-state index contributed by atoms with van der Waals surface area (Å²) < 4.78 is 0. The summed E-state index contributed by atoms with van der Waals surface area (Å²) in [6, 6.07) is 0.926. The lowest BCUT2D eigenvalue weighted by Gasteiger charge is -2.46. The fourth-order valence-corrected chi connectivity index (χ4v) is 4.40. The number of piperidine rings is 1. The smallest absolute Gasteiger partial charge is 0.304 e. The second-order valence-corrected chi connectivity index (χ2v) is 7.83. The number of hydrogen-bond donors (Lipinski definition) is 1. The summed E-state index contributed by atoms with van der Waals surface area (Å²) >= 11 is 0. The fraction of sp³-hybridized carbons (Fsp3) is 0.944. The highest BCUT2D eigenvalue weighted by Crippen LogP contribution is 2.42. The van der Waals surface area contributed by atoms with Crippen molar-refractivity contribution in [2.24, 2.45) is 11.3 Å². The molecule has 1 unspecified atom stereocenters. The van der Waals surface area contributed by atoms with Crippen LogP contribution in [-0.4, -0.2) is 34.6 Å². The van der Waals surface area contributed by atoms with E-state index in [1.54, 1.807) is 0 Å². The second kappa shape index (κ2) is 7.13. The molecule has 21 heavy (non-hydrogen) atoms. The highest BCUT2D eigenvalue weighted by molar-refractivity contribution is 5.67. The average molecular weight is 295 g/mol. The van der Waals surface area contributed by atoms with Gasteiger partial charge in [-0.3, -0.25) is 9.69 Å². The number of carbonyl (C=O) groups is 1. The molecule has 1 atom stereocenters.